The van der Waals surface area contributed by atoms with Gasteiger partial charge in [-0.1, -0.05) is 6.58 Å². The van der Waals surface area contributed by atoms with Crippen LogP contribution in [0.5, 0.6) is 0 Å². The number of hydrogen-bond donors (Lipinski definition) is 1. The summed E-state index contributed by atoms with van der Waals surface area (Å²) in [6, 6.07) is -2.29. The van der Waals surface area contributed by atoms with Crippen molar-refractivity contribution >= 4 is 0 Å². The quantitative estimate of drug-likeness (QED) is 0.420. The van der Waals surface area contributed by atoms with Crippen molar-refractivity contribution < 1.29 is 49.7 Å². The second-order valence-corrected chi connectivity index (χ2v) is 3.74. The van der Waals surface area contributed by atoms with Crippen molar-refractivity contribution in [2.24, 2.45) is 0 Å². The third-order valence-corrected chi connectivity index (χ3v) is 2.09. The molecule has 0 bridgehead atoms. The standard InChI is InChI=1S/C10H10F8O3/c1-4-7(12,9(15,16)20-6(3)11)21-10(17,18)8(13,14)5(2)19/h4-5,19H,1,3H2,2H3. The number of halogens is 8. The molecule has 0 heterocycles. The highest BCUT2D eigenvalue weighted by Crippen LogP contribution is 2.46. The largest absolute Gasteiger partial charge is 0.465 e. The summed E-state index contributed by atoms with van der Waals surface area (Å²) in [4.78, 5) is 0. The van der Waals surface area contributed by atoms with Gasteiger partial charge in [0.1, 0.15) is 6.10 Å². The smallest absolute Gasteiger partial charge is 0.402 e. The maximum absolute atomic E-state index is 13.6. The summed E-state index contributed by atoms with van der Waals surface area (Å²) in [5.41, 5.74) is 0. The van der Waals surface area contributed by atoms with Crippen molar-refractivity contribution in [2.75, 3.05) is 0 Å². The Morgan fingerprint density at radius 3 is 1.81 bits per heavy atom. The number of aliphatic hydroxyl groups excluding tert-OH is 1. The predicted octanol–water partition coefficient (Wildman–Crippen LogP) is 3.51. The van der Waals surface area contributed by atoms with E-state index in [0.717, 1.165) is 0 Å². The first-order valence-corrected chi connectivity index (χ1v) is 5.00. The van der Waals surface area contributed by atoms with Crippen molar-refractivity contribution in [3.63, 3.8) is 0 Å². The molecule has 21 heavy (non-hydrogen) atoms. The average Bonchev–Trinajstić information content (AvgIpc) is 2.25. The monoisotopic (exact) mass is 330 g/mol. The summed E-state index contributed by atoms with van der Waals surface area (Å²) in [5, 5.41) is 8.48. The highest BCUT2D eigenvalue weighted by atomic mass is 19.3. The molecule has 0 aliphatic carbocycles. The lowest BCUT2D eigenvalue weighted by molar-refractivity contribution is -0.458. The molecule has 0 aromatic heterocycles. The van der Waals surface area contributed by atoms with E-state index in [1.165, 1.54) is 0 Å². The highest BCUT2D eigenvalue weighted by Gasteiger charge is 2.70. The van der Waals surface area contributed by atoms with Crippen LogP contribution in [0.1, 0.15) is 6.92 Å². The van der Waals surface area contributed by atoms with Crippen molar-refractivity contribution in [3.8, 4) is 0 Å². The van der Waals surface area contributed by atoms with Crippen molar-refractivity contribution in [3.05, 3.63) is 25.2 Å². The van der Waals surface area contributed by atoms with Crippen molar-refractivity contribution in [1.29, 1.82) is 0 Å². The summed E-state index contributed by atoms with van der Waals surface area (Å²) < 4.78 is 110. The molecule has 0 radical (unpaired) electrons. The third-order valence-electron chi connectivity index (χ3n) is 2.09. The van der Waals surface area contributed by atoms with E-state index >= 15 is 0 Å². The Balaban J connectivity index is 5.58. The third kappa shape index (κ3) is 3.84. The molecule has 11 heteroatoms. The van der Waals surface area contributed by atoms with E-state index in [1.54, 1.807) is 0 Å². The lowest BCUT2D eigenvalue weighted by Gasteiger charge is -2.35. The number of ether oxygens (including phenoxy) is 2. The molecule has 0 aromatic rings. The van der Waals surface area contributed by atoms with Gasteiger partial charge in [0.2, 0.25) is 0 Å². The topological polar surface area (TPSA) is 38.7 Å². The minimum atomic E-state index is -5.89. The molecular formula is C10H10F8O3. The van der Waals surface area contributed by atoms with Gasteiger partial charge in [0, 0.05) is 0 Å². The molecule has 124 valence electrons. The molecular weight excluding hydrogens is 320 g/mol. The van der Waals surface area contributed by atoms with E-state index < -0.39 is 42.2 Å². The Labute approximate surface area is 113 Å². The summed E-state index contributed by atoms with van der Waals surface area (Å²) >= 11 is 0. The van der Waals surface area contributed by atoms with E-state index in [-0.39, 0.29) is 6.92 Å². The summed E-state index contributed by atoms with van der Waals surface area (Å²) in [5.74, 6) is -10.5. The number of alkyl halides is 7. The average molecular weight is 330 g/mol. The summed E-state index contributed by atoms with van der Waals surface area (Å²) in [6.07, 6.45) is -15.1. The van der Waals surface area contributed by atoms with Gasteiger partial charge in [0.25, 0.3) is 6.01 Å². The van der Waals surface area contributed by atoms with Crippen molar-refractivity contribution in [2.45, 2.75) is 37.0 Å². The Morgan fingerprint density at radius 1 is 1.10 bits per heavy atom. The fourth-order valence-electron chi connectivity index (χ4n) is 0.926. The van der Waals surface area contributed by atoms with E-state index in [9.17, 15) is 35.1 Å². The fourth-order valence-corrected chi connectivity index (χ4v) is 0.926. The van der Waals surface area contributed by atoms with Crippen LogP contribution in [-0.4, -0.2) is 35.2 Å². The first kappa shape index (κ1) is 19.6. The molecule has 1 N–H and O–H groups in total. The van der Waals surface area contributed by atoms with Gasteiger partial charge in [-0.3, -0.25) is 4.74 Å². The second-order valence-electron chi connectivity index (χ2n) is 3.74. The summed E-state index contributed by atoms with van der Waals surface area (Å²) in [7, 11) is 0. The van der Waals surface area contributed by atoms with E-state index in [0.29, 0.717) is 0 Å². The van der Waals surface area contributed by atoms with Crippen LogP contribution in [0.15, 0.2) is 25.2 Å². The number of aliphatic hydroxyl groups is 1. The molecule has 3 nitrogen and oxygen atoms in total. The number of rotatable bonds is 8. The van der Waals surface area contributed by atoms with E-state index in [1.807, 2.05) is 0 Å². The molecule has 0 aromatic carbocycles. The number of hydrogen-bond acceptors (Lipinski definition) is 3. The van der Waals surface area contributed by atoms with Gasteiger partial charge >= 0.3 is 24.0 Å². The van der Waals surface area contributed by atoms with Crippen LogP contribution in [0.4, 0.5) is 35.1 Å². The van der Waals surface area contributed by atoms with Gasteiger partial charge in [-0.2, -0.15) is 35.1 Å². The molecule has 0 saturated carbocycles. The van der Waals surface area contributed by atoms with Crippen LogP contribution in [0.25, 0.3) is 0 Å². The van der Waals surface area contributed by atoms with E-state index in [2.05, 4.69) is 22.6 Å². The second kappa shape index (κ2) is 5.79. The fraction of sp³-hybridized carbons (Fsp3) is 0.600. The Kier molecular flexibility index (Phi) is 5.42. The maximum atomic E-state index is 13.6. The molecule has 0 amide bonds. The van der Waals surface area contributed by atoms with Crippen LogP contribution < -0.4 is 0 Å². The molecule has 0 spiro atoms. The van der Waals surface area contributed by atoms with E-state index in [4.69, 9.17) is 5.11 Å². The predicted molar refractivity (Wildman–Crippen MR) is 53.0 cm³/mol. The Bertz CT molecular complexity index is 409. The van der Waals surface area contributed by atoms with Crippen LogP contribution >= 0.6 is 0 Å². The first-order valence-electron chi connectivity index (χ1n) is 5.00. The van der Waals surface area contributed by atoms with Gasteiger partial charge in [-0.05, 0) is 19.6 Å². The van der Waals surface area contributed by atoms with Crippen molar-refractivity contribution in [1.82, 2.24) is 0 Å². The van der Waals surface area contributed by atoms with Crippen LogP contribution in [0.2, 0.25) is 0 Å². The van der Waals surface area contributed by atoms with Crippen LogP contribution in [-0.2, 0) is 9.47 Å². The van der Waals surface area contributed by atoms with Gasteiger partial charge < -0.3 is 9.84 Å². The minimum absolute atomic E-state index is 0.184. The van der Waals surface area contributed by atoms with Gasteiger partial charge in [-0.15, -0.1) is 0 Å². The highest BCUT2D eigenvalue weighted by molar-refractivity contribution is 4.99. The zero-order valence-corrected chi connectivity index (χ0v) is 10.4. The molecule has 0 aliphatic heterocycles. The first-order chi connectivity index (χ1) is 9.13. The molecule has 0 aliphatic rings. The van der Waals surface area contributed by atoms with Crippen LogP contribution in [0, 0.1) is 0 Å². The van der Waals surface area contributed by atoms with Gasteiger partial charge in [-0.25, -0.2) is 0 Å². The van der Waals surface area contributed by atoms with Gasteiger partial charge in [0.15, 0.2) is 0 Å². The molecule has 0 rings (SSSR count). The lowest BCUT2D eigenvalue weighted by atomic mass is 10.2. The lowest BCUT2D eigenvalue weighted by Crippen LogP contribution is -2.58. The Hall–Kier alpha value is -1.36. The Morgan fingerprint density at radius 2 is 1.52 bits per heavy atom. The van der Waals surface area contributed by atoms with Crippen LogP contribution in [0.3, 0.4) is 0 Å². The molecule has 2 unspecified atom stereocenters. The normalized spacial score (nSPS) is 17.8. The zero-order valence-electron chi connectivity index (χ0n) is 10.4. The molecule has 2 atom stereocenters. The minimum Gasteiger partial charge on any atom is -0.402 e. The zero-order chi connectivity index (χ0) is 17.3. The summed E-state index contributed by atoms with van der Waals surface area (Å²) in [6.45, 7) is 4.71. The van der Waals surface area contributed by atoms with Gasteiger partial charge in [0.05, 0.1) is 0 Å². The maximum Gasteiger partial charge on any atom is 0.465 e. The molecule has 0 fully saturated rings. The SMILES string of the molecule is C=CC(F)(OC(F)(F)C(F)(F)C(C)O)C(F)(F)OC(=C)F. The molecule has 0 saturated heterocycles.